The van der Waals surface area contributed by atoms with Crippen molar-refractivity contribution in [1.29, 1.82) is 0 Å². The molecule has 2 aromatic rings. The van der Waals surface area contributed by atoms with Crippen LogP contribution in [0, 0.1) is 0 Å². The van der Waals surface area contributed by atoms with Gasteiger partial charge >= 0.3 is 0 Å². The Morgan fingerprint density at radius 3 is 2.77 bits per heavy atom. The van der Waals surface area contributed by atoms with Crippen LogP contribution in [0.2, 0.25) is 0 Å². The Morgan fingerprint density at radius 1 is 1.23 bits per heavy atom. The van der Waals surface area contributed by atoms with Gasteiger partial charge in [0.1, 0.15) is 0 Å². The van der Waals surface area contributed by atoms with E-state index in [4.69, 9.17) is 0 Å². The second-order valence-corrected chi connectivity index (χ2v) is 2.93. The highest BCUT2D eigenvalue weighted by Crippen LogP contribution is 2.13. The minimum Gasteiger partial charge on any atom is -0.241 e. The largest absolute Gasteiger partial charge is 0.241 e. The number of aryl methyl sites for hydroxylation is 1. The molecule has 1 aromatic heterocycles. The molecule has 13 heavy (non-hydrogen) atoms. The van der Waals surface area contributed by atoms with Gasteiger partial charge in [0.2, 0.25) is 0 Å². The van der Waals surface area contributed by atoms with Gasteiger partial charge in [-0.05, 0) is 24.1 Å². The molecular weight excluding hydrogens is 160 g/mol. The van der Waals surface area contributed by atoms with Crippen LogP contribution < -0.4 is 0 Å². The zero-order valence-corrected chi connectivity index (χ0v) is 7.64. The van der Waals surface area contributed by atoms with Gasteiger partial charge in [-0.3, -0.25) is 0 Å². The maximum Gasteiger partial charge on any atom is 0.0677 e. The molecule has 0 radical (unpaired) electrons. The fraction of sp³-hybridized carbons (Fsp3) is 0.182. The quantitative estimate of drug-likeness (QED) is 0.680. The maximum absolute atomic E-state index is 4.21. The zero-order valence-electron chi connectivity index (χ0n) is 7.64. The number of aromatic nitrogens is 2. The summed E-state index contributed by atoms with van der Waals surface area (Å²) in [6.07, 6.45) is 4.80. The molecule has 2 nitrogen and oxygen atoms in total. The number of para-hydroxylation sites is 1. The highest BCUT2D eigenvalue weighted by atomic mass is 15.3. The molecule has 0 saturated heterocycles. The number of benzene rings is 1. The van der Waals surface area contributed by atoms with Crippen molar-refractivity contribution in [2.24, 2.45) is 0 Å². The van der Waals surface area contributed by atoms with E-state index < -0.39 is 0 Å². The first-order valence-electron chi connectivity index (χ1n) is 4.49. The predicted octanol–water partition coefficient (Wildman–Crippen LogP) is 2.43. The van der Waals surface area contributed by atoms with Crippen LogP contribution in [0.1, 0.15) is 12.5 Å². The molecule has 0 fully saturated rings. The second-order valence-electron chi connectivity index (χ2n) is 2.93. The maximum atomic E-state index is 4.21. The van der Waals surface area contributed by atoms with E-state index in [1.54, 1.807) is 6.20 Å². The van der Waals surface area contributed by atoms with Gasteiger partial charge in [-0.15, -0.1) is 0 Å². The van der Waals surface area contributed by atoms with E-state index in [1.165, 1.54) is 11.3 Å². The Bertz CT molecular complexity index is 377. The van der Waals surface area contributed by atoms with Gasteiger partial charge in [-0.25, -0.2) is 4.68 Å². The fourth-order valence-electron chi connectivity index (χ4n) is 1.44. The molecule has 0 aliphatic heterocycles. The normalized spacial score (nSPS) is 10.2. The summed E-state index contributed by atoms with van der Waals surface area (Å²) in [4.78, 5) is 0. The van der Waals surface area contributed by atoms with Crippen molar-refractivity contribution in [3.05, 3.63) is 48.3 Å². The van der Waals surface area contributed by atoms with Crippen molar-refractivity contribution in [1.82, 2.24) is 9.78 Å². The second kappa shape index (κ2) is 3.44. The molecule has 0 saturated carbocycles. The molecular formula is C11H12N2. The van der Waals surface area contributed by atoms with E-state index in [0.29, 0.717) is 0 Å². The van der Waals surface area contributed by atoms with Crippen molar-refractivity contribution in [2.45, 2.75) is 13.3 Å². The Kier molecular flexibility index (Phi) is 2.13. The zero-order chi connectivity index (χ0) is 9.10. The first-order valence-corrected chi connectivity index (χ1v) is 4.49. The summed E-state index contributed by atoms with van der Waals surface area (Å²) in [6, 6.07) is 10.3. The van der Waals surface area contributed by atoms with E-state index in [1.807, 2.05) is 23.0 Å². The molecule has 0 aliphatic carbocycles. The number of nitrogens with zero attached hydrogens (tertiary/aromatic N) is 2. The fourth-order valence-corrected chi connectivity index (χ4v) is 1.44. The van der Waals surface area contributed by atoms with Crippen LogP contribution in [0.25, 0.3) is 5.69 Å². The minimum atomic E-state index is 1.04. The molecule has 1 aromatic carbocycles. The number of rotatable bonds is 2. The van der Waals surface area contributed by atoms with Gasteiger partial charge in [-0.2, -0.15) is 5.10 Å². The highest BCUT2D eigenvalue weighted by Gasteiger charge is 2.00. The topological polar surface area (TPSA) is 17.8 Å². The monoisotopic (exact) mass is 172 g/mol. The van der Waals surface area contributed by atoms with Crippen molar-refractivity contribution in [2.75, 3.05) is 0 Å². The SMILES string of the molecule is CCc1ccccc1-n1cccn1. The summed E-state index contributed by atoms with van der Waals surface area (Å²) in [5, 5.41) is 4.21. The molecule has 0 amide bonds. The summed E-state index contributed by atoms with van der Waals surface area (Å²) >= 11 is 0. The Balaban J connectivity index is 2.51. The van der Waals surface area contributed by atoms with Crippen LogP contribution in [-0.4, -0.2) is 9.78 Å². The van der Waals surface area contributed by atoms with E-state index >= 15 is 0 Å². The van der Waals surface area contributed by atoms with Gasteiger partial charge < -0.3 is 0 Å². The van der Waals surface area contributed by atoms with Crippen LogP contribution in [0.4, 0.5) is 0 Å². The Hall–Kier alpha value is -1.57. The van der Waals surface area contributed by atoms with E-state index in [-0.39, 0.29) is 0 Å². The van der Waals surface area contributed by atoms with Crippen molar-refractivity contribution in [3.63, 3.8) is 0 Å². The van der Waals surface area contributed by atoms with E-state index in [9.17, 15) is 0 Å². The molecule has 0 aliphatic rings. The first-order chi connectivity index (χ1) is 6.42. The summed E-state index contributed by atoms with van der Waals surface area (Å²) in [7, 11) is 0. The lowest BCUT2D eigenvalue weighted by Gasteiger charge is -2.06. The van der Waals surface area contributed by atoms with Gasteiger partial charge in [-0.1, -0.05) is 25.1 Å². The Labute approximate surface area is 77.8 Å². The van der Waals surface area contributed by atoms with Crippen molar-refractivity contribution < 1.29 is 0 Å². The molecule has 2 heteroatoms. The summed E-state index contributed by atoms with van der Waals surface area (Å²) in [6.45, 7) is 2.16. The first kappa shape index (κ1) is 8.05. The van der Waals surface area contributed by atoms with Crippen molar-refractivity contribution in [3.8, 4) is 5.69 Å². The third-order valence-electron chi connectivity index (χ3n) is 2.12. The molecule has 1 heterocycles. The number of hydrogen-bond acceptors (Lipinski definition) is 1. The van der Waals surface area contributed by atoms with Gasteiger partial charge in [0.05, 0.1) is 5.69 Å². The van der Waals surface area contributed by atoms with Crippen LogP contribution in [0.3, 0.4) is 0 Å². The predicted molar refractivity (Wildman–Crippen MR) is 52.9 cm³/mol. The molecule has 0 bridgehead atoms. The average molecular weight is 172 g/mol. The van der Waals surface area contributed by atoms with E-state index in [2.05, 4.69) is 30.2 Å². The summed E-state index contributed by atoms with van der Waals surface area (Å²) in [5.41, 5.74) is 2.50. The van der Waals surface area contributed by atoms with Crippen LogP contribution in [0.5, 0.6) is 0 Å². The smallest absolute Gasteiger partial charge is 0.0677 e. The van der Waals surface area contributed by atoms with E-state index in [0.717, 1.165) is 6.42 Å². The summed E-state index contributed by atoms with van der Waals surface area (Å²) < 4.78 is 1.90. The standard InChI is InChI=1S/C11H12N2/c1-2-10-6-3-4-7-11(10)13-9-5-8-12-13/h3-9H,2H2,1H3. The van der Waals surface area contributed by atoms with Crippen LogP contribution in [-0.2, 0) is 6.42 Å². The van der Waals surface area contributed by atoms with Crippen molar-refractivity contribution >= 4 is 0 Å². The van der Waals surface area contributed by atoms with Gasteiger partial charge in [0.15, 0.2) is 0 Å². The molecule has 66 valence electrons. The number of hydrogen-bond donors (Lipinski definition) is 0. The molecule has 0 spiro atoms. The third kappa shape index (κ3) is 1.47. The lowest BCUT2D eigenvalue weighted by atomic mass is 10.1. The lowest BCUT2D eigenvalue weighted by Crippen LogP contribution is -1.98. The van der Waals surface area contributed by atoms with Gasteiger partial charge in [0, 0.05) is 12.4 Å². The molecule has 0 N–H and O–H groups in total. The lowest BCUT2D eigenvalue weighted by molar-refractivity contribution is 0.863. The summed E-state index contributed by atoms with van der Waals surface area (Å²) in [5.74, 6) is 0. The molecule has 0 atom stereocenters. The molecule has 0 unspecified atom stereocenters. The minimum absolute atomic E-state index is 1.04. The average Bonchev–Trinajstić information content (AvgIpc) is 2.70. The van der Waals surface area contributed by atoms with Crippen LogP contribution in [0.15, 0.2) is 42.7 Å². The van der Waals surface area contributed by atoms with Crippen LogP contribution >= 0.6 is 0 Å². The highest BCUT2D eigenvalue weighted by molar-refractivity contribution is 5.39. The molecule has 2 rings (SSSR count). The van der Waals surface area contributed by atoms with Gasteiger partial charge in [0.25, 0.3) is 0 Å². The Morgan fingerprint density at radius 2 is 2.08 bits per heavy atom. The third-order valence-corrected chi connectivity index (χ3v) is 2.12.